The van der Waals surface area contributed by atoms with Gasteiger partial charge in [0.05, 0.1) is 6.54 Å². The van der Waals surface area contributed by atoms with Crippen LogP contribution in [0.3, 0.4) is 0 Å². The fourth-order valence-electron chi connectivity index (χ4n) is 2.97. The maximum Gasteiger partial charge on any atom is 0.141 e. The van der Waals surface area contributed by atoms with Gasteiger partial charge in [-0.15, -0.1) is 0 Å². The fourth-order valence-corrected chi connectivity index (χ4v) is 2.97. The molecule has 1 N–H and O–H groups in total. The number of hydrogen-bond acceptors (Lipinski definition) is 5. The molecule has 106 valence electrons. The molecule has 19 heavy (non-hydrogen) atoms. The Bertz CT molecular complexity index is 403. The molecule has 1 aromatic rings. The second-order valence-electron chi connectivity index (χ2n) is 5.85. The average Bonchev–Trinajstić information content (AvgIpc) is 2.82. The van der Waals surface area contributed by atoms with Gasteiger partial charge in [0.2, 0.25) is 0 Å². The van der Waals surface area contributed by atoms with Gasteiger partial charge in [-0.25, -0.2) is 9.67 Å². The van der Waals surface area contributed by atoms with Crippen LogP contribution in [0.4, 0.5) is 0 Å². The molecule has 6 heteroatoms. The van der Waals surface area contributed by atoms with Crippen LogP contribution >= 0.6 is 0 Å². The molecule has 0 radical (unpaired) electrons. The molecule has 6 nitrogen and oxygen atoms in total. The summed E-state index contributed by atoms with van der Waals surface area (Å²) >= 11 is 0. The van der Waals surface area contributed by atoms with Crippen molar-refractivity contribution >= 4 is 0 Å². The molecule has 0 atom stereocenters. The van der Waals surface area contributed by atoms with Crippen LogP contribution in [0, 0.1) is 0 Å². The van der Waals surface area contributed by atoms with E-state index in [0.717, 1.165) is 31.5 Å². The summed E-state index contributed by atoms with van der Waals surface area (Å²) in [4.78, 5) is 9.46. The molecular weight excluding hydrogens is 240 g/mol. The Kier molecular flexibility index (Phi) is 3.81. The van der Waals surface area contributed by atoms with Crippen molar-refractivity contribution in [1.82, 2.24) is 29.9 Å². The van der Waals surface area contributed by atoms with Gasteiger partial charge in [0.1, 0.15) is 12.2 Å². The first kappa shape index (κ1) is 13.0. The quantitative estimate of drug-likeness (QED) is 0.826. The lowest BCUT2D eigenvalue weighted by Crippen LogP contribution is -2.62. The Morgan fingerprint density at radius 2 is 2.05 bits per heavy atom. The van der Waals surface area contributed by atoms with Crippen molar-refractivity contribution in [1.29, 1.82) is 0 Å². The predicted molar refractivity (Wildman–Crippen MR) is 73.9 cm³/mol. The topological polar surface area (TPSA) is 49.2 Å². The van der Waals surface area contributed by atoms with Crippen LogP contribution in [0.5, 0.6) is 0 Å². The first-order chi connectivity index (χ1) is 9.24. The molecule has 0 amide bonds. The number of nitrogens with one attached hydrogen (secondary N) is 1. The van der Waals surface area contributed by atoms with Crippen molar-refractivity contribution in [2.45, 2.75) is 32.5 Å². The largest absolute Gasteiger partial charge is 0.314 e. The van der Waals surface area contributed by atoms with Crippen LogP contribution in [0.1, 0.15) is 25.7 Å². The van der Waals surface area contributed by atoms with E-state index in [1.807, 2.05) is 4.68 Å². The van der Waals surface area contributed by atoms with Crippen LogP contribution in [-0.4, -0.2) is 69.9 Å². The zero-order chi connectivity index (χ0) is 13.2. The normalized spacial score (nSPS) is 22.9. The van der Waals surface area contributed by atoms with Gasteiger partial charge >= 0.3 is 0 Å². The van der Waals surface area contributed by atoms with E-state index in [2.05, 4.69) is 39.0 Å². The predicted octanol–water partition coefficient (Wildman–Crippen LogP) is -0.0516. The minimum Gasteiger partial charge on any atom is -0.314 e. The van der Waals surface area contributed by atoms with Gasteiger partial charge in [0.25, 0.3) is 0 Å². The van der Waals surface area contributed by atoms with E-state index in [1.165, 1.54) is 26.2 Å². The summed E-state index contributed by atoms with van der Waals surface area (Å²) < 4.78 is 2.03. The van der Waals surface area contributed by atoms with Crippen LogP contribution < -0.4 is 5.32 Å². The Morgan fingerprint density at radius 1 is 1.32 bits per heavy atom. The summed E-state index contributed by atoms with van der Waals surface area (Å²) in [5.41, 5.74) is 0. The van der Waals surface area contributed by atoms with Gasteiger partial charge in [-0.05, 0) is 13.8 Å². The monoisotopic (exact) mass is 264 g/mol. The van der Waals surface area contributed by atoms with Crippen LogP contribution in [0.15, 0.2) is 6.33 Å². The zero-order valence-electron chi connectivity index (χ0n) is 11.9. The van der Waals surface area contributed by atoms with E-state index in [-0.39, 0.29) is 0 Å². The lowest BCUT2D eigenvalue weighted by atomic mass is 10.1. The maximum absolute atomic E-state index is 4.38. The smallest absolute Gasteiger partial charge is 0.141 e. The van der Waals surface area contributed by atoms with Crippen molar-refractivity contribution < 1.29 is 0 Å². The van der Waals surface area contributed by atoms with Gasteiger partial charge in [-0.2, -0.15) is 5.10 Å². The first-order valence-corrected chi connectivity index (χ1v) is 7.29. The highest BCUT2D eigenvalue weighted by Gasteiger charge is 2.32. The van der Waals surface area contributed by atoms with E-state index in [9.17, 15) is 0 Å². The number of rotatable bonds is 4. The second kappa shape index (κ2) is 5.56. The first-order valence-electron chi connectivity index (χ1n) is 7.29. The molecule has 2 aliphatic rings. The highest BCUT2D eigenvalue weighted by Crippen LogP contribution is 2.18. The molecule has 0 unspecified atom stereocenters. The molecule has 0 spiro atoms. The summed E-state index contributed by atoms with van der Waals surface area (Å²) in [6, 6.07) is 1.14. The SMILES string of the molecule is CC(C)n1ncnc1CN1CC(N2CCNCC2)C1. The number of nitrogens with zero attached hydrogens (tertiary/aromatic N) is 5. The van der Waals surface area contributed by atoms with Gasteiger partial charge in [-0.1, -0.05) is 0 Å². The van der Waals surface area contributed by atoms with Crippen molar-refractivity contribution in [2.75, 3.05) is 39.3 Å². The van der Waals surface area contributed by atoms with Gasteiger partial charge in [-0.3, -0.25) is 9.80 Å². The highest BCUT2D eigenvalue weighted by atomic mass is 15.4. The number of hydrogen-bond donors (Lipinski definition) is 1. The molecule has 1 aromatic heterocycles. The van der Waals surface area contributed by atoms with Gasteiger partial charge in [0.15, 0.2) is 0 Å². The summed E-state index contributed by atoms with van der Waals surface area (Å²) in [6.07, 6.45) is 1.67. The molecule has 2 aliphatic heterocycles. The number of piperazine rings is 1. The Labute approximate surface area is 114 Å². The standard InChI is InChI=1S/C13H24N6/c1-11(2)19-13(15-10-16-19)9-17-7-12(8-17)18-5-3-14-4-6-18/h10-12,14H,3-9H2,1-2H3. The van der Waals surface area contributed by atoms with Crippen LogP contribution in [0.2, 0.25) is 0 Å². The van der Waals surface area contributed by atoms with Crippen molar-refractivity contribution in [3.63, 3.8) is 0 Å². The van der Waals surface area contributed by atoms with Gasteiger partial charge in [0, 0.05) is 51.4 Å². The van der Waals surface area contributed by atoms with E-state index in [4.69, 9.17) is 0 Å². The molecule has 2 fully saturated rings. The third kappa shape index (κ3) is 2.80. The Morgan fingerprint density at radius 3 is 2.74 bits per heavy atom. The van der Waals surface area contributed by atoms with Crippen molar-refractivity contribution in [2.24, 2.45) is 0 Å². The Balaban J connectivity index is 1.49. The Hall–Kier alpha value is -0.980. The molecular formula is C13H24N6. The van der Waals surface area contributed by atoms with E-state index in [1.54, 1.807) is 6.33 Å². The molecule has 3 heterocycles. The van der Waals surface area contributed by atoms with E-state index >= 15 is 0 Å². The molecule has 0 aromatic carbocycles. The average molecular weight is 264 g/mol. The fraction of sp³-hybridized carbons (Fsp3) is 0.846. The van der Waals surface area contributed by atoms with Crippen molar-refractivity contribution in [3.05, 3.63) is 12.2 Å². The zero-order valence-corrected chi connectivity index (χ0v) is 11.9. The number of likely N-dealkylation sites (tertiary alicyclic amines) is 1. The molecule has 0 bridgehead atoms. The van der Waals surface area contributed by atoms with E-state index < -0.39 is 0 Å². The molecule has 0 saturated carbocycles. The highest BCUT2D eigenvalue weighted by molar-refractivity contribution is 4.94. The van der Waals surface area contributed by atoms with E-state index in [0.29, 0.717) is 6.04 Å². The third-order valence-electron chi connectivity index (χ3n) is 4.11. The van der Waals surface area contributed by atoms with Crippen LogP contribution in [-0.2, 0) is 6.54 Å². The van der Waals surface area contributed by atoms with Crippen molar-refractivity contribution in [3.8, 4) is 0 Å². The lowest BCUT2D eigenvalue weighted by molar-refractivity contribution is 0.0198. The molecule has 3 rings (SSSR count). The van der Waals surface area contributed by atoms with Crippen LogP contribution in [0.25, 0.3) is 0 Å². The summed E-state index contributed by atoms with van der Waals surface area (Å²) in [7, 11) is 0. The number of aromatic nitrogens is 3. The lowest BCUT2D eigenvalue weighted by Gasteiger charge is -2.46. The minimum atomic E-state index is 0.391. The minimum absolute atomic E-state index is 0.391. The summed E-state index contributed by atoms with van der Waals surface area (Å²) in [6.45, 7) is 12.2. The third-order valence-corrected chi connectivity index (χ3v) is 4.11. The van der Waals surface area contributed by atoms with Gasteiger partial charge < -0.3 is 5.32 Å². The second-order valence-corrected chi connectivity index (χ2v) is 5.85. The maximum atomic E-state index is 4.38. The summed E-state index contributed by atoms with van der Waals surface area (Å²) in [5, 5.41) is 7.70. The molecule has 0 aliphatic carbocycles. The molecule has 2 saturated heterocycles. The summed E-state index contributed by atoms with van der Waals surface area (Å²) in [5.74, 6) is 1.09.